The number of aromatic nitrogens is 1. The molecule has 1 aromatic carbocycles. The highest BCUT2D eigenvalue weighted by Gasteiger charge is 2.33. The van der Waals surface area contributed by atoms with Crippen molar-refractivity contribution in [1.29, 1.82) is 0 Å². The number of nitrogens with one attached hydrogen (secondary N) is 1. The molecule has 18 heavy (non-hydrogen) atoms. The molecule has 0 radical (unpaired) electrons. The first-order valence-corrected chi connectivity index (χ1v) is 5.79. The summed E-state index contributed by atoms with van der Waals surface area (Å²) in [5.41, 5.74) is 5.91. The van der Waals surface area contributed by atoms with E-state index in [0.29, 0.717) is 17.6 Å². The second-order valence-corrected chi connectivity index (χ2v) is 4.76. The maximum absolute atomic E-state index is 12.8. The lowest BCUT2D eigenvalue weighted by molar-refractivity contribution is -0.136. The second kappa shape index (κ2) is 4.48. The van der Waals surface area contributed by atoms with Gasteiger partial charge in [-0.25, -0.2) is 0 Å². The van der Waals surface area contributed by atoms with Gasteiger partial charge in [-0.2, -0.15) is 13.2 Å². The number of alkyl halides is 3. The summed E-state index contributed by atoms with van der Waals surface area (Å²) in [6.07, 6.45) is -3.92. The first-order valence-electron chi connectivity index (χ1n) is 5.42. The van der Waals surface area contributed by atoms with E-state index in [2.05, 4.69) is 4.98 Å². The van der Waals surface area contributed by atoms with E-state index in [4.69, 9.17) is 17.3 Å². The number of fused-ring (bicyclic) bond motifs is 1. The Bertz CT molecular complexity index is 572. The highest BCUT2D eigenvalue weighted by atomic mass is 35.5. The first-order chi connectivity index (χ1) is 8.29. The highest BCUT2D eigenvalue weighted by molar-refractivity contribution is 6.35. The summed E-state index contributed by atoms with van der Waals surface area (Å²) in [4.78, 5) is 2.90. The van der Waals surface area contributed by atoms with Crippen LogP contribution >= 0.6 is 11.6 Å². The molecule has 0 saturated carbocycles. The van der Waals surface area contributed by atoms with Crippen molar-refractivity contribution >= 4 is 22.5 Å². The summed E-state index contributed by atoms with van der Waals surface area (Å²) in [5.74, 6) is 0. The molecule has 3 N–H and O–H groups in total. The molecule has 1 atom stereocenters. The van der Waals surface area contributed by atoms with E-state index in [0.717, 1.165) is 6.07 Å². The number of benzene rings is 1. The minimum atomic E-state index is -4.39. The van der Waals surface area contributed by atoms with Crippen LogP contribution in [0.3, 0.4) is 0 Å². The quantitative estimate of drug-likeness (QED) is 0.862. The zero-order valence-electron chi connectivity index (χ0n) is 9.61. The van der Waals surface area contributed by atoms with Gasteiger partial charge in [-0.3, -0.25) is 0 Å². The smallest absolute Gasteiger partial charge is 0.357 e. The Hall–Kier alpha value is -1.20. The zero-order valence-corrected chi connectivity index (χ0v) is 10.4. The SMILES string of the molecule is CC(N)Cc1cc2c(C(F)(F)F)ccc(Cl)c2[nH]1. The van der Waals surface area contributed by atoms with Gasteiger partial charge in [0.1, 0.15) is 0 Å². The second-order valence-electron chi connectivity index (χ2n) is 4.36. The van der Waals surface area contributed by atoms with E-state index in [9.17, 15) is 13.2 Å². The average molecular weight is 277 g/mol. The van der Waals surface area contributed by atoms with Gasteiger partial charge in [0.2, 0.25) is 0 Å². The molecule has 0 bridgehead atoms. The highest BCUT2D eigenvalue weighted by Crippen LogP contribution is 2.37. The van der Waals surface area contributed by atoms with Crippen LogP contribution in [-0.4, -0.2) is 11.0 Å². The molecule has 0 fully saturated rings. The largest absolute Gasteiger partial charge is 0.417 e. The van der Waals surface area contributed by atoms with E-state index in [-0.39, 0.29) is 16.5 Å². The minimum absolute atomic E-state index is 0.0886. The van der Waals surface area contributed by atoms with Gasteiger partial charge >= 0.3 is 6.18 Å². The number of hydrogen-bond acceptors (Lipinski definition) is 1. The molecule has 0 aliphatic carbocycles. The molecule has 98 valence electrons. The topological polar surface area (TPSA) is 41.8 Å². The number of rotatable bonds is 2. The Morgan fingerprint density at radius 3 is 2.61 bits per heavy atom. The predicted molar refractivity (Wildman–Crippen MR) is 65.7 cm³/mol. The Kier molecular flexibility index (Phi) is 3.29. The fraction of sp³-hybridized carbons (Fsp3) is 0.333. The summed E-state index contributed by atoms with van der Waals surface area (Å²) in [5, 5.41) is 0.361. The van der Waals surface area contributed by atoms with E-state index in [1.807, 2.05) is 0 Å². The summed E-state index contributed by atoms with van der Waals surface area (Å²) in [6, 6.07) is 3.58. The van der Waals surface area contributed by atoms with Gasteiger partial charge < -0.3 is 10.7 Å². The molecular weight excluding hydrogens is 265 g/mol. The molecule has 2 nitrogen and oxygen atoms in total. The van der Waals surface area contributed by atoms with Gasteiger partial charge in [-0.1, -0.05) is 11.6 Å². The van der Waals surface area contributed by atoms with Gasteiger partial charge in [0.25, 0.3) is 0 Å². The third-order valence-corrected chi connectivity index (χ3v) is 2.96. The predicted octanol–water partition coefficient (Wildman–Crippen LogP) is 3.73. The number of aromatic amines is 1. The average Bonchev–Trinajstić information content (AvgIpc) is 2.59. The number of nitrogens with two attached hydrogens (primary N) is 1. The van der Waals surface area contributed by atoms with Gasteiger partial charge in [-0.15, -0.1) is 0 Å². The minimum Gasteiger partial charge on any atom is -0.357 e. The van der Waals surface area contributed by atoms with Crippen LogP contribution in [-0.2, 0) is 12.6 Å². The van der Waals surface area contributed by atoms with Crippen molar-refractivity contribution in [3.8, 4) is 0 Å². The van der Waals surface area contributed by atoms with Crippen LogP contribution in [0.5, 0.6) is 0 Å². The molecule has 1 heterocycles. The summed E-state index contributed by atoms with van der Waals surface area (Å²) in [6.45, 7) is 1.79. The molecule has 6 heteroatoms. The van der Waals surface area contributed by atoms with E-state index in [1.54, 1.807) is 6.92 Å². The van der Waals surface area contributed by atoms with Crippen LogP contribution in [0.15, 0.2) is 18.2 Å². The molecule has 1 aromatic heterocycles. The van der Waals surface area contributed by atoms with Crippen molar-refractivity contribution in [3.05, 3.63) is 34.5 Å². The lowest BCUT2D eigenvalue weighted by Gasteiger charge is -2.08. The number of H-pyrrole nitrogens is 1. The third kappa shape index (κ3) is 2.47. The molecule has 2 aromatic rings. The number of hydrogen-bond donors (Lipinski definition) is 2. The summed E-state index contributed by atoms with van der Waals surface area (Å²) >= 11 is 5.90. The third-order valence-electron chi connectivity index (χ3n) is 2.65. The standard InChI is InChI=1S/C12H12ClF3N2/c1-6(17)4-7-5-8-9(12(14,15)16)2-3-10(13)11(8)18-7/h2-3,5-6,18H,4,17H2,1H3. The van der Waals surface area contributed by atoms with Crippen LogP contribution < -0.4 is 5.73 Å². The van der Waals surface area contributed by atoms with Crippen LogP contribution in [0.1, 0.15) is 18.2 Å². The molecule has 0 aliphatic rings. The Labute approximate surface area is 107 Å². The van der Waals surface area contributed by atoms with Gasteiger partial charge in [0.05, 0.1) is 16.1 Å². The van der Waals surface area contributed by atoms with Gasteiger partial charge in [0, 0.05) is 23.5 Å². The van der Waals surface area contributed by atoms with Crippen molar-refractivity contribution in [2.75, 3.05) is 0 Å². The summed E-state index contributed by atoms with van der Waals surface area (Å²) < 4.78 is 38.5. The first kappa shape index (κ1) is 13.2. The van der Waals surface area contributed by atoms with Gasteiger partial charge in [-0.05, 0) is 25.1 Å². The monoisotopic (exact) mass is 276 g/mol. The Morgan fingerprint density at radius 1 is 1.39 bits per heavy atom. The molecule has 0 spiro atoms. The molecule has 2 rings (SSSR count). The summed E-state index contributed by atoms with van der Waals surface area (Å²) in [7, 11) is 0. The maximum atomic E-state index is 12.8. The molecule has 0 saturated heterocycles. The normalized spacial score (nSPS) is 14.1. The van der Waals surface area contributed by atoms with E-state index in [1.165, 1.54) is 12.1 Å². The van der Waals surface area contributed by atoms with E-state index >= 15 is 0 Å². The molecule has 0 aliphatic heterocycles. The van der Waals surface area contributed by atoms with Crippen molar-refractivity contribution in [3.63, 3.8) is 0 Å². The zero-order chi connectivity index (χ0) is 13.5. The Balaban J connectivity index is 2.62. The van der Waals surface area contributed by atoms with Crippen LogP contribution in [0.2, 0.25) is 5.02 Å². The molecular formula is C12H12ClF3N2. The lowest BCUT2D eigenvalue weighted by atomic mass is 10.1. The van der Waals surface area contributed by atoms with Crippen molar-refractivity contribution in [1.82, 2.24) is 4.98 Å². The van der Waals surface area contributed by atoms with Crippen molar-refractivity contribution < 1.29 is 13.2 Å². The Morgan fingerprint density at radius 2 is 2.06 bits per heavy atom. The fourth-order valence-corrected chi connectivity index (χ4v) is 2.16. The molecule has 0 amide bonds. The van der Waals surface area contributed by atoms with Crippen LogP contribution in [0.25, 0.3) is 10.9 Å². The fourth-order valence-electron chi connectivity index (χ4n) is 1.94. The van der Waals surface area contributed by atoms with Crippen molar-refractivity contribution in [2.45, 2.75) is 25.6 Å². The number of halogens is 4. The van der Waals surface area contributed by atoms with E-state index < -0.39 is 11.7 Å². The molecule has 1 unspecified atom stereocenters. The van der Waals surface area contributed by atoms with Crippen molar-refractivity contribution in [2.24, 2.45) is 5.73 Å². The van der Waals surface area contributed by atoms with Crippen LogP contribution in [0.4, 0.5) is 13.2 Å². The lowest BCUT2D eigenvalue weighted by Crippen LogP contribution is -2.17. The van der Waals surface area contributed by atoms with Gasteiger partial charge in [0.15, 0.2) is 0 Å². The maximum Gasteiger partial charge on any atom is 0.417 e. The van der Waals surface area contributed by atoms with Crippen LogP contribution in [0, 0.1) is 0 Å².